The molecule has 6 heteroatoms. The fraction of sp³-hybridized carbons (Fsp3) is 0.462. The lowest BCUT2D eigenvalue weighted by atomic mass is 9.87. The summed E-state index contributed by atoms with van der Waals surface area (Å²) in [5.41, 5.74) is 2.79. The monoisotopic (exact) mass is 438 g/mol. The van der Waals surface area contributed by atoms with Gasteiger partial charge in [0.2, 0.25) is 5.91 Å². The molecule has 4 rings (SSSR count). The predicted molar refractivity (Wildman–Crippen MR) is 121 cm³/mol. The number of likely N-dealkylation sites (tertiary alicyclic amines) is 1. The van der Waals surface area contributed by atoms with E-state index in [1.807, 2.05) is 47.9 Å². The van der Waals surface area contributed by atoms with E-state index in [1.54, 1.807) is 6.07 Å². The molecular weight excluding hydrogens is 407 g/mol. The van der Waals surface area contributed by atoms with Crippen LogP contribution in [0, 0.1) is 5.82 Å². The molecular formula is C26H31FN2O3. The summed E-state index contributed by atoms with van der Waals surface area (Å²) in [6.07, 6.45) is 3.25. The second kappa shape index (κ2) is 9.72. The first-order chi connectivity index (χ1) is 15.5. The van der Waals surface area contributed by atoms with Crippen molar-refractivity contribution in [2.45, 2.75) is 58.1 Å². The first kappa shape index (κ1) is 22.3. The van der Waals surface area contributed by atoms with Crippen LogP contribution in [-0.2, 0) is 16.0 Å². The minimum atomic E-state index is -0.532. The Morgan fingerprint density at radius 1 is 1.09 bits per heavy atom. The smallest absolute Gasteiger partial charge is 0.263 e. The average Bonchev–Trinajstić information content (AvgIpc) is 3.35. The first-order valence-corrected chi connectivity index (χ1v) is 11.6. The summed E-state index contributed by atoms with van der Waals surface area (Å²) in [6.45, 7) is 5.97. The van der Waals surface area contributed by atoms with Crippen LogP contribution in [0.5, 0.6) is 5.75 Å². The van der Waals surface area contributed by atoms with Gasteiger partial charge in [-0.3, -0.25) is 9.59 Å². The second-order valence-corrected chi connectivity index (χ2v) is 8.56. The molecule has 2 aliphatic rings. The van der Waals surface area contributed by atoms with Crippen molar-refractivity contribution in [3.05, 3.63) is 65.0 Å². The van der Waals surface area contributed by atoms with Gasteiger partial charge in [-0.2, -0.15) is 0 Å². The van der Waals surface area contributed by atoms with Crippen LogP contribution in [0.4, 0.5) is 4.39 Å². The number of rotatable bonds is 6. The number of ether oxygens (including phenoxy) is 1. The number of amides is 2. The summed E-state index contributed by atoms with van der Waals surface area (Å²) in [7, 11) is 0. The van der Waals surface area contributed by atoms with Crippen molar-refractivity contribution in [3.63, 3.8) is 0 Å². The third-order valence-electron chi connectivity index (χ3n) is 6.48. The number of benzene rings is 2. The molecule has 2 aromatic rings. The summed E-state index contributed by atoms with van der Waals surface area (Å²) in [6, 6.07) is 11.9. The lowest BCUT2D eigenvalue weighted by Gasteiger charge is -2.38. The molecule has 1 saturated heterocycles. The molecule has 0 N–H and O–H groups in total. The van der Waals surface area contributed by atoms with Crippen molar-refractivity contribution in [3.8, 4) is 5.75 Å². The molecule has 2 heterocycles. The summed E-state index contributed by atoms with van der Waals surface area (Å²) < 4.78 is 20.2. The topological polar surface area (TPSA) is 49.9 Å². The molecule has 2 amide bonds. The third kappa shape index (κ3) is 4.50. The van der Waals surface area contributed by atoms with Gasteiger partial charge in [0.25, 0.3) is 5.91 Å². The Kier molecular flexibility index (Phi) is 6.77. The lowest BCUT2D eigenvalue weighted by Crippen LogP contribution is -2.41. The van der Waals surface area contributed by atoms with E-state index < -0.39 is 6.10 Å². The van der Waals surface area contributed by atoms with Crippen molar-refractivity contribution in [2.75, 3.05) is 19.6 Å². The number of hydrogen-bond donors (Lipinski definition) is 0. The number of fused-ring (bicyclic) bond motifs is 1. The van der Waals surface area contributed by atoms with Gasteiger partial charge in [-0.1, -0.05) is 32.0 Å². The molecule has 2 aliphatic heterocycles. The number of carbonyl (C=O) groups is 2. The van der Waals surface area contributed by atoms with Crippen LogP contribution in [-0.4, -0.2) is 47.4 Å². The predicted octanol–water partition coefficient (Wildman–Crippen LogP) is 4.49. The largest absolute Gasteiger partial charge is 0.481 e. The molecule has 0 saturated carbocycles. The van der Waals surface area contributed by atoms with Crippen LogP contribution in [0.1, 0.15) is 62.3 Å². The van der Waals surface area contributed by atoms with E-state index in [9.17, 15) is 14.0 Å². The molecule has 5 nitrogen and oxygen atoms in total. The van der Waals surface area contributed by atoms with E-state index in [1.165, 1.54) is 12.1 Å². The van der Waals surface area contributed by atoms with Gasteiger partial charge >= 0.3 is 0 Å². The van der Waals surface area contributed by atoms with Gasteiger partial charge in [0, 0.05) is 26.1 Å². The number of halogens is 1. The highest BCUT2D eigenvalue weighted by Crippen LogP contribution is 2.38. The van der Waals surface area contributed by atoms with Crippen LogP contribution in [0.25, 0.3) is 0 Å². The Labute approximate surface area is 189 Å². The fourth-order valence-corrected chi connectivity index (χ4v) is 4.79. The number of hydrogen-bond acceptors (Lipinski definition) is 3. The summed E-state index contributed by atoms with van der Waals surface area (Å²) >= 11 is 0. The molecule has 0 radical (unpaired) electrons. The molecule has 0 unspecified atom stereocenters. The minimum absolute atomic E-state index is 0.0341. The highest BCUT2D eigenvalue weighted by molar-refractivity contribution is 5.81. The molecule has 0 bridgehead atoms. The van der Waals surface area contributed by atoms with Crippen LogP contribution >= 0.6 is 0 Å². The van der Waals surface area contributed by atoms with Crippen molar-refractivity contribution in [1.82, 2.24) is 9.80 Å². The summed E-state index contributed by atoms with van der Waals surface area (Å²) in [5, 5.41) is 0. The van der Waals surface area contributed by atoms with E-state index in [0.717, 1.165) is 49.0 Å². The zero-order chi connectivity index (χ0) is 22.7. The summed E-state index contributed by atoms with van der Waals surface area (Å²) in [5.74, 6) is 0.350. The molecule has 2 atom stereocenters. The van der Waals surface area contributed by atoms with E-state index in [4.69, 9.17) is 4.74 Å². The Hall–Kier alpha value is -2.89. The van der Waals surface area contributed by atoms with Gasteiger partial charge in [0.1, 0.15) is 11.6 Å². The maximum absolute atomic E-state index is 14.1. The van der Waals surface area contributed by atoms with E-state index in [-0.39, 0.29) is 23.7 Å². The van der Waals surface area contributed by atoms with Gasteiger partial charge in [0.15, 0.2) is 6.10 Å². The zero-order valence-electron chi connectivity index (χ0n) is 18.9. The number of carbonyl (C=O) groups excluding carboxylic acids is 2. The van der Waals surface area contributed by atoms with E-state index in [2.05, 4.69) is 0 Å². The molecule has 2 aromatic carbocycles. The summed E-state index contributed by atoms with van der Waals surface area (Å²) in [4.78, 5) is 29.3. The Morgan fingerprint density at radius 3 is 2.56 bits per heavy atom. The maximum Gasteiger partial charge on any atom is 0.263 e. The molecule has 0 spiro atoms. The van der Waals surface area contributed by atoms with Crippen LogP contribution < -0.4 is 4.74 Å². The van der Waals surface area contributed by atoms with Gasteiger partial charge in [-0.25, -0.2) is 4.39 Å². The molecule has 32 heavy (non-hydrogen) atoms. The SMILES string of the molecule is CCC(=O)N1CCc2ccc(O[C@@H](CC)C(=O)N3CCCC3)cc2[C@H]1c1cccc(F)c1. The Balaban J connectivity index is 1.67. The number of nitrogens with zero attached hydrogens (tertiary/aromatic N) is 2. The normalized spacial score (nSPS) is 18.9. The van der Waals surface area contributed by atoms with Crippen molar-refractivity contribution in [2.24, 2.45) is 0 Å². The fourth-order valence-electron chi connectivity index (χ4n) is 4.79. The van der Waals surface area contributed by atoms with E-state index in [0.29, 0.717) is 25.1 Å². The molecule has 170 valence electrons. The van der Waals surface area contributed by atoms with Gasteiger partial charge in [0.05, 0.1) is 6.04 Å². The van der Waals surface area contributed by atoms with Crippen molar-refractivity contribution >= 4 is 11.8 Å². The maximum atomic E-state index is 14.1. The van der Waals surface area contributed by atoms with Crippen molar-refractivity contribution in [1.29, 1.82) is 0 Å². The third-order valence-corrected chi connectivity index (χ3v) is 6.48. The highest BCUT2D eigenvalue weighted by atomic mass is 19.1. The standard InChI is InChI=1S/C26H31FN2O3/c1-3-23(26(31)28-13-5-6-14-28)32-21-11-10-18-12-15-29(24(30)4-2)25(22(18)17-21)19-8-7-9-20(27)16-19/h7-11,16-17,23,25H,3-6,12-15H2,1-2H3/t23-,25+/m0/s1. The quantitative estimate of drug-likeness (QED) is 0.668. The second-order valence-electron chi connectivity index (χ2n) is 8.56. The molecule has 0 aliphatic carbocycles. The molecule has 0 aromatic heterocycles. The van der Waals surface area contributed by atoms with Gasteiger partial charge < -0.3 is 14.5 Å². The molecule has 1 fully saturated rings. The van der Waals surface area contributed by atoms with Crippen LogP contribution in [0.3, 0.4) is 0 Å². The first-order valence-electron chi connectivity index (χ1n) is 11.6. The van der Waals surface area contributed by atoms with Gasteiger partial charge in [-0.05, 0) is 66.6 Å². The van der Waals surface area contributed by atoms with Gasteiger partial charge in [-0.15, -0.1) is 0 Å². The Bertz CT molecular complexity index is 987. The lowest BCUT2D eigenvalue weighted by molar-refractivity contribution is -0.137. The minimum Gasteiger partial charge on any atom is -0.481 e. The highest BCUT2D eigenvalue weighted by Gasteiger charge is 2.33. The van der Waals surface area contributed by atoms with E-state index >= 15 is 0 Å². The van der Waals surface area contributed by atoms with Crippen LogP contribution in [0.15, 0.2) is 42.5 Å². The van der Waals surface area contributed by atoms with Crippen molar-refractivity contribution < 1.29 is 18.7 Å². The van der Waals surface area contributed by atoms with Crippen LogP contribution in [0.2, 0.25) is 0 Å². The Morgan fingerprint density at radius 2 is 1.88 bits per heavy atom. The zero-order valence-corrected chi connectivity index (χ0v) is 18.9. The average molecular weight is 439 g/mol.